The first-order valence-electron chi connectivity index (χ1n) is 5.90. The summed E-state index contributed by atoms with van der Waals surface area (Å²) in [6, 6.07) is 3.43. The van der Waals surface area contributed by atoms with Gasteiger partial charge in [-0.25, -0.2) is 17.2 Å². The number of sulfone groups is 1. The molecule has 1 aromatic carbocycles. The van der Waals surface area contributed by atoms with Crippen LogP contribution >= 0.6 is 11.6 Å². The van der Waals surface area contributed by atoms with Gasteiger partial charge in [0.15, 0.2) is 9.84 Å². The Labute approximate surface area is 125 Å². The molecule has 116 valence electrons. The van der Waals surface area contributed by atoms with Gasteiger partial charge in [-0.2, -0.15) is 0 Å². The Morgan fingerprint density at radius 3 is 2.76 bits per heavy atom. The van der Waals surface area contributed by atoms with Crippen LogP contribution in [0.5, 0.6) is 5.75 Å². The summed E-state index contributed by atoms with van der Waals surface area (Å²) in [4.78, 5) is 4.39. The number of oxime groups is 1. The van der Waals surface area contributed by atoms with Gasteiger partial charge >= 0.3 is 0 Å². The largest absolute Gasteiger partial charge is 0.497 e. The Balaban J connectivity index is 2.31. The highest BCUT2D eigenvalue weighted by atomic mass is 35.5. The third-order valence-corrected chi connectivity index (χ3v) is 4.97. The average molecular weight is 340 g/mol. The van der Waals surface area contributed by atoms with Crippen molar-refractivity contribution < 1.29 is 26.8 Å². The van der Waals surface area contributed by atoms with E-state index in [9.17, 15) is 17.2 Å². The number of ether oxygens (including phenoxy) is 1. The van der Waals surface area contributed by atoms with Gasteiger partial charge in [0.25, 0.3) is 6.43 Å². The van der Waals surface area contributed by atoms with Crippen molar-refractivity contribution in [1.29, 1.82) is 0 Å². The smallest absolute Gasteiger partial charge is 0.265 e. The minimum Gasteiger partial charge on any atom is -0.497 e. The monoisotopic (exact) mass is 339 g/mol. The predicted octanol–water partition coefficient (Wildman–Crippen LogP) is 2.75. The molecule has 1 unspecified atom stereocenters. The van der Waals surface area contributed by atoms with Gasteiger partial charge in [0.05, 0.1) is 17.8 Å². The maximum absolute atomic E-state index is 13.1. The molecule has 1 aliphatic rings. The van der Waals surface area contributed by atoms with Crippen LogP contribution in [0.1, 0.15) is 18.4 Å². The Morgan fingerprint density at radius 1 is 1.52 bits per heavy atom. The van der Waals surface area contributed by atoms with Gasteiger partial charge in [0.2, 0.25) is 0 Å². The SMILES string of the molecule is COc1ccc(S(=O)(=O)CC2CC(Cl)=NO2)c(C(F)F)c1. The lowest BCUT2D eigenvalue weighted by Crippen LogP contribution is -2.22. The number of benzene rings is 1. The summed E-state index contributed by atoms with van der Waals surface area (Å²) in [5, 5.41) is 3.58. The van der Waals surface area contributed by atoms with E-state index in [0.29, 0.717) is 0 Å². The quantitative estimate of drug-likeness (QED) is 0.827. The van der Waals surface area contributed by atoms with Crippen molar-refractivity contribution >= 4 is 26.6 Å². The van der Waals surface area contributed by atoms with Crippen LogP contribution < -0.4 is 4.74 Å². The van der Waals surface area contributed by atoms with Gasteiger partial charge < -0.3 is 9.57 Å². The van der Waals surface area contributed by atoms with E-state index in [2.05, 4.69) is 5.16 Å². The molecule has 0 amide bonds. The zero-order valence-corrected chi connectivity index (χ0v) is 12.5. The lowest BCUT2D eigenvalue weighted by atomic mass is 10.2. The van der Waals surface area contributed by atoms with E-state index in [-0.39, 0.29) is 17.3 Å². The second kappa shape index (κ2) is 6.15. The van der Waals surface area contributed by atoms with Crippen LogP contribution in [0.25, 0.3) is 0 Å². The lowest BCUT2D eigenvalue weighted by molar-refractivity contribution is 0.101. The van der Waals surface area contributed by atoms with Crippen LogP contribution in [0.15, 0.2) is 28.3 Å². The molecular weight excluding hydrogens is 328 g/mol. The summed E-state index contributed by atoms with van der Waals surface area (Å²) in [5.74, 6) is -0.313. The minimum absolute atomic E-state index is 0.140. The molecule has 0 bridgehead atoms. The van der Waals surface area contributed by atoms with Gasteiger partial charge in [0.1, 0.15) is 17.0 Å². The molecule has 0 aliphatic carbocycles. The molecule has 0 spiro atoms. The van der Waals surface area contributed by atoms with E-state index in [4.69, 9.17) is 21.2 Å². The summed E-state index contributed by atoms with van der Waals surface area (Å²) < 4.78 is 55.5. The molecule has 1 aromatic rings. The summed E-state index contributed by atoms with van der Waals surface area (Å²) in [6.45, 7) is 0. The number of hydrogen-bond donors (Lipinski definition) is 0. The first-order valence-corrected chi connectivity index (χ1v) is 7.93. The fourth-order valence-corrected chi connectivity index (χ4v) is 3.77. The second-order valence-corrected chi connectivity index (χ2v) is 6.82. The fourth-order valence-electron chi connectivity index (χ4n) is 1.93. The highest BCUT2D eigenvalue weighted by molar-refractivity contribution is 7.91. The molecule has 1 heterocycles. The minimum atomic E-state index is -3.96. The number of methoxy groups -OCH3 is 1. The summed E-state index contributed by atoms with van der Waals surface area (Å²) >= 11 is 5.60. The van der Waals surface area contributed by atoms with E-state index in [1.54, 1.807) is 0 Å². The van der Waals surface area contributed by atoms with E-state index in [0.717, 1.165) is 12.1 Å². The Hall–Kier alpha value is -1.41. The van der Waals surface area contributed by atoms with Crippen LogP contribution in [0.3, 0.4) is 0 Å². The van der Waals surface area contributed by atoms with E-state index >= 15 is 0 Å². The molecule has 5 nitrogen and oxygen atoms in total. The van der Waals surface area contributed by atoms with Crippen LogP contribution in [0.2, 0.25) is 0 Å². The maximum Gasteiger partial charge on any atom is 0.265 e. The van der Waals surface area contributed by atoms with Crippen molar-refractivity contribution in [3.05, 3.63) is 23.8 Å². The number of rotatable bonds is 5. The maximum atomic E-state index is 13.1. The van der Waals surface area contributed by atoms with Gasteiger partial charge in [0, 0.05) is 12.0 Å². The Kier molecular flexibility index (Phi) is 4.67. The number of alkyl halides is 2. The molecule has 9 heteroatoms. The van der Waals surface area contributed by atoms with Gasteiger partial charge in [-0.3, -0.25) is 0 Å². The summed E-state index contributed by atoms with van der Waals surface area (Å²) in [7, 11) is -2.65. The topological polar surface area (TPSA) is 65.0 Å². The highest BCUT2D eigenvalue weighted by Gasteiger charge is 2.30. The number of hydrogen-bond acceptors (Lipinski definition) is 5. The molecule has 0 saturated carbocycles. The first kappa shape index (κ1) is 16.0. The van der Waals surface area contributed by atoms with Crippen LogP contribution in [0.4, 0.5) is 8.78 Å². The van der Waals surface area contributed by atoms with Crippen molar-refractivity contribution in [3.63, 3.8) is 0 Å². The number of nitrogens with zero attached hydrogens (tertiary/aromatic N) is 1. The molecular formula is C12H12ClF2NO4S. The van der Waals surface area contributed by atoms with Crippen LogP contribution in [0, 0.1) is 0 Å². The Bertz CT molecular complexity index is 663. The van der Waals surface area contributed by atoms with E-state index in [1.165, 1.54) is 13.2 Å². The van der Waals surface area contributed by atoms with Gasteiger partial charge in [-0.1, -0.05) is 16.8 Å². The third-order valence-electron chi connectivity index (χ3n) is 2.89. The standard InChI is InChI=1S/C12H12ClF2NO4S/c1-19-7-2-3-10(9(4-7)12(14)15)21(17,18)6-8-5-11(13)16-20-8/h2-4,8,12H,5-6H2,1H3. The average Bonchev–Trinajstić information content (AvgIpc) is 2.82. The summed E-state index contributed by atoms with van der Waals surface area (Å²) in [5.41, 5.74) is -0.598. The van der Waals surface area contributed by atoms with Crippen LogP contribution in [-0.4, -0.2) is 32.6 Å². The van der Waals surface area contributed by atoms with E-state index in [1.807, 2.05) is 0 Å². The summed E-state index contributed by atoms with van der Waals surface area (Å²) in [6.07, 6.45) is -3.56. The first-order chi connectivity index (χ1) is 9.83. The normalized spacial score (nSPS) is 18.5. The third kappa shape index (κ3) is 3.62. The molecule has 0 saturated heterocycles. The van der Waals surface area contributed by atoms with Crippen molar-refractivity contribution in [1.82, 2.24) is 0 Å². The zero-order valence-electron chi connectivity index (χ0n) is 10.9. The Morgan fingerprint density at radius 2 is 2.24 bits per heavy atom. The molecule has 0 aromatic heterocycles. The molecule has 0 fully saturated rings. The molecule has 0 N–H and O–H groups in total. The fraction of sp³-hybridized carbons (Fsp3) is 0.417. The van der Waals surface area contributed by atoms with Crippen molar-refractivity contribution in [2.45, 2.75) is 23.8 Å². The molecule has 1 atom stereocenters. The molecule has 1 aliphatic heterocycles. The molecule has 21 heavy (non-hydrogen) atoms. The van der Waals surface area contributed by atoms with E-state index < -0.39 is 38.6 Å². The highest BCUT2D eigenvalue weighted by Crippen LogP contribution is 2.31. The van der Waals surface area contributed by atoms with Crippen molar-refractivity contribution in [3.8, 4) is 5.75 Å². The lowest BCUT2D eigenvalue weighted by Gasteiger charge is -2.13. The molecule has 2 rings (SSSR count). The van der Waals surface area contributed by atoms with Crippen LogP contribution in [-0.2, 0) is 14.7 Å². The number of halogens is 3. The predicted molar refractivity (Wildman–Crippen MR) is 72.8 cm³/mol. The molecule has 0 radical (unpaired) electrons. The van der Waals surface area contributed by atoms with Crippen molar-refractivity contribution in [2.75, 3.05) is 12.9 Å². The van der Waals surface area contributed by atoms with Crippen molar-refractivity contribution in [2.24, 2.45) is 5.16 Å². The zero-order chi connectivity index (χ0) is 15.6. The second-order valence-electron chi connectivity index (χ2n) is 4.38. The van der Waals surface area contributed by atoms with Gasteiger partial charge in [-0.05, 0) is 18.2 Å². The van der Waals surface area contributed by atoms with Gasteiger partial charge in [-0.15, -0.1) is 0 Å².